The van der Waals surface area contributed by atoms with Crippen LogP contribution in [0.4, 0.5) is 0 Å². The van der Waals surface area contributed by atoms with Crippen LogP contribution in [-0.2, 0) is 4.74 Å². The first-order valence-electron chi connectivity index (χ1n) is 11.2. The fourth-order valence-electron chi connectivity index (χ4n) is 5.50. The zero-order valence-corrected chi connectivity index (χ0v) is 16.5. The van der Waals surface area contributed by atoms with Crippen molar-refractivity contribution >= 4 is 0 Å². The molecule has 142 valence electrons. The van der Waals surface area contributed by atoms with Gasteiger partial charge < -0.3 is 4.74 Å². The third-order valence-electron chi connectivity index (χ3n) is 7.30. The molecule has 2 atom stereocenters. The van der Waals surface area contributed by atoms with Gasteiger partial charge in [-0.3, -0.25) is 0 Å². The normalized spacial score (nSPS) is 40.2. The van der Waals surface area contributed by atoms with Gasteiger partial charge in [-0.1, -0.05) is 31.6 Å². The van der Waals surface area contributed by atoms with Gasteiger partial charge in [0.15, 0.2) is 0 Å². The van der Waals surface area contributed by atoms with E-state index in [2.05, 4.69) is 31.7 Å². The van der Waals surface area contributed by atoms with Crippen molar-refractivity contribution in [2.45, 2.75) is 90.1 Å². The number of rotatable bonds is 6. The fourth-order valence-corrected chi connectivity index (χ4v) is 5.50. The van der Waals surface area contributed by atoms with E-state index in [1.54, 1.807) is 0 Å². The molecule has 1 aliphatic heterocycles. The Hall–Kier alpha value is -0.560. The largest absolute Gasteiger partial charge is 0.378 e. The molecule has 1 nitrogen and oxygen atoms in total. The van der Waals surface area contributed by atoms with E-state index in [1.807, 2.05) is 0 Å². The molecule has 3 rings (SSSR count). The van der Waals surface area contributed by atoms with Crippen LogP contribution in [0, 0.1) is 29.6 Å². The summed E-state index contributed by atoms with van der Waals surface area (Å²) in [4.78, 5) is 0. The summed E-state index contributed by atoms with van der Waals surface area (Å²) in [6.07, 6.45) is 24.4. The van der Waals surface area contributed by atoms with E-state index in [0.717, 1.165) is 30.3 Å². The van der Waals surface area contributed by atoms with Crippen LogP contribution in [0.25, 0.3) is 0 Å². The van der Waals surface area contributed by atoms with Gasteiger partial charge in [0.05, 0.1) is 12.7 Å². The lowest BCUT2D eigenvalue weighted by Crippen LogP contribution is -2.26. The minimum atomic E-state index is 0.543. The summed E-state index contributed by atoms with van der Waals surface area (Å²) in [7, 11) is 0. The number of allylic oxidation sites excluding steroid dienone is 2. The van der Waals surface area contributed by atoms with Crippen LogP contribution in [-0.4, -0.2) is 12.7 Å². The molecule has 0 aromatic heterocycles. The highest BCUT2D eigenvalue weighted by molar-refractivity contribution is 4.97. The van der Waals surface area contributed by atoms with Gasteiger partial charge in [-0.25, -0.2) is 0 Å². The summed E-state index contributed by atoms with van der Waals surface area (Å²) >= 11 is 0. The third-order valence-corrected chi connectivity index (χ3v) is 7.30. The van der Waals surface area contributed by atoms with E-state index in [4.69, 9.17) is 4.74 Å². The van der Waals surface area contributed by atoms with Gasteiger partial charge in [0.1, 0.15) is 0 Å². The second-order valence-electron chi connectivity index (χ2n) is 9.05. The highest BCUT2D eigenvalue weighted by Crippen LogP contribution is 2.41. The Bertz CT molecular complexity index is 402. The van der Waals surface area contributed by atoms with E-state index in [0.29, 0.717) is 12.0 Å². The van der Waals surface area contributed by atoms with E-state index in [-0.39, 0.29) is 0 Å². The molecule has 0 N–H and O–H groups in total. The molecular weight excluding hydrogens is 304 g/mol. The van der Waals surface area contributed by atoms with Crippen LogP contribution in [0.3, 0.4) is 0 Å². The summed E-state index contributed by atoms with van der Waals surface area (Å²) in [5.74, 6) is 4.37. The van der Waals surface area contributed by atoms with Crippen molar-refractivity contribution in [2.75, 3.05) is 6.61 Å². The van der Waals surface area contributed by atoms with Crippen molar-refractivity contribution in [1.82, 2.24) is 0 Å². The van der Waals surface area contributed by atoms with Gasteiger partial charge in [-0.2, -0.15) is 0 Å². The number of hydrogen-bond acceptors (Lipinski definition) is 1. The average Bonchev–Trinajstić information content (AvgIpc) is 2.68. The predicted octanol–water partition coefficient (Wildman–Crippen LogP) is 6.94. The Morgan fingerprint density at radius 1 is 0.760 bits per heavy atom. The molecule has 0 radical (unpaired) electrons. The van der Waals surface area contributed by atoms with Crippen molar-refractivity contribution in [3.05, 3.63) is 24.8 Å². The zero-order valence-electron chi connectivity index (χ0n) is 16.5. The van der Waals surface area contributed by atoms with Crippen molar-refractivity contribution < 1.29 is 4.74 Å². The topological polar surface area (TPSA) is 9.23 Å². The third kappa shape index (κ3) is 5.71. The van der Waals surface area contributed by atoms with Crippen LogP contribution in [0.5, 0.6) is 0 Å². The molecule has 2 unspecified atom stereocenters. The van der Waals surface area contributed by atoms with Crippen molar-refractivity contribution in [2.24, 2.45) is 29.6 Å². The van der Waals surface area contributed by atoms with E-state index in [9.17, 15) is 0 Å². The van der Waals surface area contributed by atoms with Crippen molar-refractivity contribution in [3.8, 4) is 0 Å². The van der Waals surface area contributed by atoms with Gasteiger partial charge in [-0.15, -0.1) is 6.58 Å². The summed E-state index contributed by atoms with van der Waals surface area (Å²) in [6.45, 7) is 7.21. The van der Waals surface area contributed by atoms with Crippen molar-refractivity contribution in [3.63, 3.8) is 0 Å². The Labute approximate surface area is 156 Å². The molecule has 3 aliphatic rings. The number of hydrogen-bond donors (Lipinski definition) is 0. The minimum absolute atomic E-state index is 0.543. The predicted molar refractivity (Wildman–Crippen MR) is 108 cm³/mol. The quantitative estimate of drug-likeness (QED) is 0.474. The SMILES string of the molecule is C=CC1CCC(C2CCC(C=CC3CCC(CCC)OC3)CC2)CC1. The molecule has 0 bridgehead atoms. The van der Waals surface area contributed by atoms with Gasteiger partial charge in [0, 0.05) is 5.92 Å². The van der Waals surface area contributed by atoms with Crippen LogP contribution in [0.15, 0.2) is 24.8 Å². The lowest BCUT2D eigenvalue weighted by Gasteiger charge is -2.37. The first kappa shape index (κ1) is 19.2. The lowest BCUT2D eigenvalue weighted by molar-refractivity contribution is -0.00854. The Morgan fingerprint density at radius 2 is 1.32 bits per heavy atom. The maximum absolute atomic E-state index is 6.03. The van der Waals surface area contributed by atoms with Gasteiger partial charge in [0.25, 0.3) is 0 Å². The molecule has 0 amide bonds. The molecule has 25 heavy (non-hydrogen) atoms. The van der Waals surface area contributed by atoms with Crippen molar-refractivity contribution in [1.29, 1.82) is 0 Å². The highest BCUT2D eigenvalue weighted by atomic mass is 16.5. The second-order valence-corrected chi connectivity index (χ2v) is 9.05. The lowest BCUT2D eigenvalue weighted by atomic mass is 9.69. The number of ether oxygens (including phenoxy) is 1. The van der Waals surface area contributed by atoms with E-state index >= 15 is 0 Å². The van der Waals surface area contributed by atoms with Crippen LogP contribution < -0.4 is 0 Å². The monoisotopic (exact) mass is 344 g/mol. The Balaban J connectivity index is 1.35. The standard InChI is InChI=1S/C24H40O/c1-3-5-24-17-12-21(18-25-24)7-6-20-10-15-23(16-11-20)22-13-8-19(4-2)9-14-22/h4,6-7,19-24H,2-3,5,8-18H2,1H3. The van der Waals surface area contributed by atoms with E-state index in [1.165, 1.54) is 77.0 Å². The molecule has 3 fully saturated rings. The maximum atomic E-state index is 6.03. The average molecular weight is 345 g/mol. The van der Waals surface area contributed by atoms with Crippen LogP contribution in [0.1, 0.15) is 84.0 Å². The molecule has 0 spiro atoms. The molecule has 0 aromatic carbocycles. The Kier molecular flexibility index (Phi) is 7.65. The van der Waals surface area contributed by atoms with Crippen LogP contribution >= 0.6 is 0 Å². The first-order chi connectivity index (χ1) is 12.3. The molecule has 1 heteroatoms. The highest BCUT2D eigenvalue weighted by Gasteiger charge is 2.29. The molecule has 0 aromatic rings. The van der Waals surface area contributed by atoms with Gasteiger partial charge >= 0.3 is 0 Å². The summed E-state index contributed by atoms with van der Waals surface area (Å²) in [5.41, 5.74) is 0. The molecular formula is C24H40O. The molecule has 1 heterocycles. The Morgan fingerprint density at radius 3 is 1.84 bits per heavy atom. The molecule has 2 saturated carbocycles. The van der Waals surface area contributed by atoms with Crippen LogP contribution in [0.2, 0.25) is 0 Å². The molecule has 1 saturated heterocycles. The smallest absolute Gasteiger partial charge is 0.0575 e. The second kappa shape index (κ2) is 9.95. The minimum Gasteiger partial charge on any atom is -0.378 e. The van der Waals surface area contributed by atoms with Gasteiger partial charge in [0.2, 0.25) is 0 Å². The first-order valence-corrected chi connectivity index (χ1v) is 11.2. The molecule has 2 aliphatic carbocycles. The van der Waals surface area contributed by atoms with Gasteiger partial charge in [-0.05, 0) is 94.3 Å². The summed E-state index contributed by atoms with van der Waals surface area (Å²) in [6, 6.07) is 0. The summed E-state index contributed by atoms with van der Waals surface area (Å²) in [5, 5.41) is 0. The fraction of sp³-hybridized carbons (Fsp3) is 0.833. The maximum Gasteiger partial charge on any atom is 0.0575 e. The van der Waals surface area contributed by atoms with E-state index < -0.39 is 0 Å². The summed E-state index contributed by atoms with van der Waals surface area (Å²) < 4.78 is 6.03. The zero-order chi connectivity index (χ0) is 17.5.